The Bertz CT molecular complexity index is 569. The minimum Gasteiger partial charge on any atom is -0.477 e. The lowest BCUT2D eigenvalue weighted by molar-refractivity contribution is 0.0690. The summed E-state index contributed by atoms with van der Waals surface area (Å²) in [5.41, 5.74) is 1.45. The summed E-state index contributed by atoms with van der Waals surface area (Å²) >= 11 is 0. The van der Waals surface area contributed by atoms with Crippen LogP contribution in [-0.2, 0) is 10.8 Å². The van der Waals surface area contributed by atoms with E-state index in [1.165, 1.54) is 0 Å². The van der Waals surface area contributed by atoms with Crippen LogP contribution in [0.15, 0.2) is 0 Å². The van der Waals surface area contributed by atoms with Crippen molar-refractivity contribution in [2.75, 3.05) is 11.5 Å². The predicted octanol–water partition coefficient (Wildman–Crippen LogP) is 0.971. The van der Waals surface area contributed by atoms with Gasteiger partial charge in [0.15, 0.2) is 0 Å². The first-order valence-electron chi connectivity index (χ1n) is 6.48. The van der Waals surface area contributed by atoms with Crippen molar-refractivity contribution >= 4 is 22.7 Å². The summed E-state index contributed by atoms with van der Waals surface area (Å²) in [4.78, 5) is 26.0. The quantitative estimate of drug-likeness (QED) is 0.774. The van der Waals surface area contributed by atoms with Gasteiger partial charge in [-0.3, -0.25) is 9.00 Å². The molecule has 1 aromatic heterocycles. The Labute approximate surface area is 119 Å². The molecule has 6 nitrogen and oxygen atoms in total. The molecule has 1 aliphatic heterocycles. The molecular formula is C13H18N2O4S. The average molecular weight is 298 g/mol. The van der Waals surface area contributed by atoms with Crippen LogP contribution in [-0.4, -0.2) is 43.7 Å². The van der Waals surface area contributed by atoms with E-state index in [1.807, 2.05) is 0 Å². The van der Waals surface area contributed by atoms with Crippen LogP contribution < -0.4 is 5.32 Å². The first kappa shape index (κ1) is 14.8. The highest BCUT2D eigenvalue weighted by atomic mass is 32.2. The third kappa shape index (κ3) is 2.92. The zero-order valence-corrected chi connectivity index (χ0v) is 12.3. The number of hydrogen-bond donors (Lipinski definition) is 3. The molecule has 3 N–H and O–H groups in total. The molecule has 1 aliphatic rings. The number of carbonyl (C=O) groups excluding carboxylic acids is 1. The minimum absolute atomic E-state index is 0.0159. The van der Waals surface area contributed by atoms with Crippen LogP contribution in [0.3, 0.4) is 0 Å². The molecule has 110 valence electrons. The Morgan fingerprint density at radius 1 is 1.30 bits per heavy atom. The maximum Gasteiger partial charge on any atom is 0.352 e. The zero-order valence-electron chi connectivity index (χ0n) is 11.5. The molecular weight excluding hydrogens is 280 g/mol. The Balaban J connectivity index is 2.13. The van der Waals surface area contributed by atoms with E-state index >= 15 is 0 Å². The lowest BCUT2D eigenvalue weighted by Gasteiger charge is -2.22. The molecule has 0 saturated carbocycles. The summed E-state index contributed by atoms with van der Waals surface area (Å²) in [6, 6.07) is 0.0159. The second-order valence-corrected chi connectivity index (χ2v) is 6.72. The molecule has 0 spiro atoms. The molecule has 0 atom stereocenters. The van der Waals surface area contributed by atoms with E-state index in [2.05, 4.69) is 10.3 Å². The monoisotopic (exact) mass is 298 g/mol. The van der Waals surface area contributed by atoms with Crippen molar-refractivity contribution < 1.29 is 18.9 Å². The van der Waals surface area contributed by atoms with Gasteiger partial charge < -0.3 is 15.4 Å². The number of rotatable bonds is 3. The molecule has 2 heterocycles. The van der Waals surface area contributed by atoms with Crippen molar-refractivity contribution in [1.82, 2.24) is 10.3 Å². The molecule has 0 bridgehead atoms. The fourth-order valence-corrected chi connectivity index (χ4v) is 3.80. The summed E-state index contributed by atoms with van der Waals surface area (Å²) in [6.45, 7) is 3.31. The van der Waals surface area contributed by atoms with Gasteiger partial charge >= 0.3 is 5.97 Å². The molecule has 1 amide bonds. The van der Waals surface area contributed by atoms with E-state index in [1.54, 1.807) is 13.8 Å². The van der Waals surface area contributed by atoms with Gasteiger partial charge in [0.1, 0.15) is 5.69 Å². The predicted molar refractivity (Wildman–Crippen MR) is 75.6 cm³/mol. The lowest BCUT2D eigenvalue weighted by atomic mass is 10.1. The van der Waals surface area contributed by atoms with Crippen LogP contribution >= 0.6 is 0 Å². The lowest BCUT2D eigenvalue weighted by Crippen LogP contribution is -2.39. The molecule has 1 saturated heterocycles. The van der Waals surface area contributed by atoms with Gasteiger partial charge in [0.25, 0.3) is 5.91 Å². The molecule has 2 rings (SSSR count). The van der Waals surface area contributed by atoms with Crippen LogP contribution in [0.5, 0.6) is 0 Å². The van der Waals surface area contributed by atoms with Gasteiger partial charge in [-0.25, -0.2) is 4.79 Å². The number of aromatic nitrogens is 1. The number of aromatic carboxylic acids is 1. The van der Waals surface area contributed by atoms with Crippen LogP contribution in [0.4, 0.5) is 0 Å². The standard InChI is InChI=1S/C13H18N2O4S/c1-7-10(8(2)14-11(7)13(17)18)12(16)15-9-3-5-20(19)6-4-9/h9,14H,3-6H2,1-2H3,(H,15,16)(H,17,18). The average Bonchev–Trinajstić information content (AvgIpc) is 2.68. The summed E-state index contributed by atoms with van der Waals surface area (Å²) in [5.74, 6) is -0.119. The first-order chi connectivity index (χ1) is 9.40. The van der Waals surface area contributed by atoms with Crippen molar-refractivity contribution in [2.24, 2.45) is 0 Å². The summed E-state index contributed by atoms with van der Waals surface area (Å²) in [5, 5.41) is 11.9. The van der Waals surface area contributed by atoms with E-state index < -0.39 is 16.8 Å². The Hall–Kier alpha value is -1.63. The highest BCUT2D eigenvalue weighted by molar-refractivity contribution is 7.85. The number of H-pyrrole nitrogens is 1. The first-order valence-corrected chi connectivity index (χ1v) is 7.97. The number of carbonyl (C=O) groups is 2. The highest BCUT2D eigenvalue weighted by Crippen LogP contribution is 2.19. The number of aryl methyl sites for hydroxylation is 1. The number of aromatic amines is 1. The number of carboxylic acid groups (broad SMARTS) is 1. The molecule has 0 unspecified atom stereocenters. The van der Waals surface area contributed by atoms with Crippen molar-refractivity contribution in [3.8, 4) is 0 Å². The van der Waals surface area contributed by atoms with Gasteiger partial charge in [0, 0.05) is 34.0 Å². The largest absolute Gasteiger partial charge is 0.477 e. The van der Waals surface area contributed by atoms with E-state index in [-0.39, 0.29) is 17.6 Å². The maximum atomic E-state index is 12.3. The fourth-order valence-electron chi connectivity index (χ4n) is 2.50. The maximum absolute atomic E-state index is 12.3. The third-order valence-corrected chi connectivity index (χ3v) is 4.98. The van der Waals surface area contributed by atoms with Crippen LogP contribution in [0.2, 0.25) is 0 Å². The number of amides is 1. The Morgan fingerprint density at radius 3 is 2.40 bits per heavy atom. The summed E-state index contributed by atoms with van der Waals surface area (Å²) in [6.07, 6.45) is 1.40. The van der Waals surface area contributed by atoms with Crippen molar-refractivity contribution in [3.63, 3.8) is 0 Å². The number of hydrogen-bond acceptors (Lipinski definition) is 3. The molecule has 0 radical (unpaired) electrons. The molecule has 7 heteroatoms. The molecule has 0 aromatic carbocycles. The summed E-state index contributed by atoms with van der Waals surface area (Å²) in [7, 11) is -0.766. The van der Waals surface area contributed by atoms with Crippen molar-refractivity contribution in [1.29, 1.82) is 0 Å². The normalized spacial score (nSPS) is 22.5. The smallest absolute Gasteiger partial charge is 0.352 e. The summed E-state index contributed by atoms with van der Waals surface area (Å²) < 4.78 is 11.3. The molecule has 0 aliphatic carbocycles. The number of nitrogens with one attached hydrogen (secondary N) is 2. The van der Waals surface area contributed by atoms with Gasteiger partial charge in [-0.1, -0.05) is 0 Å². The van der Waals surface area contributed by atoms with E-state index in [0.717, 1.165) is 0 Å². The SMILES string of the molecule is Cc1[nH]c(C(=O)O)c(C)c1C(=O)NC1CCS(=O)CC1. The molecule has 20 heavy (non-hydrogen) atoms. The van der Waals surface area contributed by atoms with Crippen LogP contribution in [0.1, 0.15) is 44.9 Å². The van der Waals surface area contributed by atoms with Gasteiger partial charge in [0.2, 0.25) is 0 Å². The van der Waals surface area contributed by atoms with Gasteiger partial charge in [-0.2, -0.15) is 0 Å². The second kappa shape index (κ2) is 5.78. The topological polar surface area (TPSA) is 99.3 Å². The van der Waals surface area contributed by atoms with Gasteiger partial charge in [0.05, 0.1) is 5.56 Å². The molecule has 1 fully saturated rings. The third-order valence-electron chi connectivity index (χ3n) is 3.60. The Morgan fingerprint density at radius 2 is 1.90 bits per heavy atom. The minimum atomic E-state index is -1.07. The van der Waals surface area contributed by atoms with Crippen LogP contribution in [0, 0.1) is 13.8 Å². The van der Waals surface area contributed by atoms with Gasteiger partial charge in [-0.05, 0) is 32.3 Å². The number of carboxylic acids is 1. The second-order valence-electron chi connectivity index (χ2n) is 5.03. The van der Waals surface area contributed by atoms with E-state index in [0.29, 0.717) is 41.2 Å². The van der Waals surface area contributed by atoms with Crippen molar-refractivity contribution in [3.05, 3.63) is 22.5 Å². The molecule has 1 aromatic rings. The highest BCUT2D eigenvalue weighted by Gasteiger charge is 2.25. The van der Waals surface area contributed by atoms with Crippen molar-refractivity contribution in [2.45, 2.75) is 32.7 Å². The van der Waals surface area contributed by atoms with E-state index in [4.69, 9.17) is 5.11 Å². The van der Waals surface area contributed by atoms with E-state index in [9.17, 15) is 13.8 Å². The fraction of sp³-hybridized carbons (Fsp3) is 0.538. The van der Waals surface area contributed by atoms with Gasteiger partial charge in [-0.15, -0.1) is 0 Å². The zero-order chi connectivity index (χ0) is 14.9. The van der Waals surface area contributed by atoms with Crippen LogP contribution in [0.25, 0.3) is 0 Å². The Kier molecular flexibility index (Phi) is 4.27.